The van der Waals surface area contributed by atoms with E-state index in [1.54, 1.807) is 12.2 Å². The lowest BCUT2D eigenvalue weighted by Crippen LogP contribution is -2.14. The molecule has 11 heavy (non-hydrogen) atoms. The van der Waals surface area contributed by atoms with E-state index in [1.165, 1.54) is 0 Å². The van der Waals surface area contributed by atoms with E-state index in [1.807, 2.05) is 6.08 Å². The summed E-state index contributed by atoms with van der Waals surface area (Å²) in [5, 5.41) is 11.1. The zero-order valence-electron chi connectivity index (χ0n) is 5.87. The summed E-state index contributed by atoms with van der Waals surface area (Å²) in [4.78, 5) is 10.1. The first-order valence-corrected chi connectivity index (χ1v) is 4.45. The molecule has 1 aliphatic rings. The fourth-order valence-electron chi connectivity index (χ4n) is 1.02. The average Bonchev–Trinajstić information content (AvgIpc) is 2.04. The Balaban J connectivity index is 2.78. The van der Waals surface area contributed by atoms with Crippen molar-refractivity contribution in [3.8, 4) is 0 Å². The molecule has 0 saturated heterocycles. The van der Waals surface area contributed by atoms with Crippen molar-refractivity contribution in [2.45, 2.75) is 6.42 Å². The Hall–Kier alpha value is -0.640. The van der Waals surface area contributed by atoms with Crippen LogP contribution in [-0.4, -0.2) is 10.3 Å². The monoisotopic (exact) mass is 217 g/mol. The van der Waals surface area contributed by atoms with Crippen molar-refractivity contribution >= 4 is 15.9 Å². The van der Waals surface area contributed by atoms with Gasteiger partial charge in [-0.25, -0.2) is 0 Å². The van der Waals surface area contributed by atoms with Crippen LogP contribution in [0.4, 0.5) is 0 Å². The Kier molecular flexibility index (Phi) is 2.82. The van der Waals surface area contributed by atoms with Crippen molar-refractivity contribution < 1.29 is 4.92 Å². The summed E-state index contributed by atoms with van der Waals surface area (Å²) in [6.45, 7) is 0. The quantitative estimate of drug-likeness (QED) is 0.404. The predicted molar refractivity (Wildman–Crippen MR) is 46.1 cm³/mol. The Labute approximate surface area is 73.1 Å². The van der Waals surface area contributed by atoms with Gasteiger partial charge in [0.05, 0.1) is 10.8 Å². The molecule has 0 aromatic rings. The van der Waals surface area contributed by atoms with Gasteiger partial charge in [0.15, 0.2) is 0 Å². The van der Waals surface area contributed by atoms with Crippen molar-refractivity contribution in [1.82, 2.24) is 0 Å². The van der Waals surface area contributed by atoms with Gasteiger partial charge >= 0.3 is 0 Å². The third-order valence-corrected chi connectivity index (χ3v) is 2.42. The third kappa shape index (κ3) is 1.89. The lowest BCUT2D eigenvalue weighted by atomic mass is 10.00. The second-order valence-corrected chi connectivity index (χ2v) is 3.01. The maximum absolute atomic E-state index is 10.4. The number of nitrogens with zero attached hydrogens (tertiary/aromatic N) is 1. The molecule has 0 aromatic heterocycles. The van der Waals surface area contributed by atoms with Gasteiger partial charge in [-0.05, 0) is 6.42 Å². The van der Waals surface area contributed by atoms with Gasteiger partial charge in [0, 0.05) is 11.4 Å². The highest BCUT2D eigenvalue weighted by Gasteiger charge is 2.23. The molecule has 0 bridgehead atoms. The van der Waals surface area contributed by atoms with Gasteiger partial charge in [-0.2, -0.15) is 0 Å². The summed E-state index contributed by atoms with van der Waals surface area (Å²) in [6, 6.07) is 0. The largest absolute Gasteiger partial charge is 0.259 e. The lowest BCUT2D eigenvalue weighted by Gasteiger charge is -2.10. The van der Waals surface area contributed by atoms with Crippen molar-refractivity contribution in [2.75, 3.05) is 5.33 Å². The highest BCUT2D eigenvalue weighted by atomic mass is 79.9. The topological polar surface area (TPSA) is 43.1 Å². The van der Waals surface area contributed by atoms with Crippen molar-refractivity contribution in [2.24, 2.45) is 5.92 Å². The standard InChI is InChI=1S/C7H8BrNO2/c8-5-6-3-1-2-4-7(6)9(10)11/h1-2,4,6H,3,5H2. The molecule has 0 saturated carbocycles. The Morgan fingerprint density at radius 3 is 3.00 bits per heavy atom. The molecular formula is C7H8BrNO2. The van der Waals surface area contributed by atoms with Gasteiger partial charge in [0.25, 0.3) is 0 Å². The van der Waals surface area contributed by atoms with Crippen LogP contribution in [0, 0.1) is 16.0 Å². The van der Waals surface area contributed by atoms with Crippen LogP contribution in [0.5, 0.6) is 0 Å². The second kappa shape index (κ2) is 3.67. The van der Waals surface area contributed by atoms with E-state index in [-0.39, 0.29) is 10.8 Å². The van der Waals surface area contributed by atoms with E-state index in [0.717, 1.165) is 6.42 Å². The first kappa shape index (κ1) is 8.46. The highest BCUT2D eigenvalue weighted by Crippen LogP contribution is 2.22. The number of rotatable bonds is 2. The summed E-state index contributed by atoms with van der Waals surface area (Å²) in [7, 11) is 0. The molecule has 1 rings (SSSR count). The van der Waals surface area contributed by atoms with Crippen molar-refractivity contribution in [1.29, 1.82) is 0 Å². The third-order valence-electron chi connectivity index (χ3n) is 1.64. The second-order valence-electron chi connectivity index (χ2n) is 2.36. The minimum Gasteiger partial charge on any atom is -0.259 e. The number of alkyl halides is 1. The van der Waals surface area contributed by atoms with Gasteiger partial charge in [-0.1, -0.05) is 28.1 Å². The van der Waals surface area contributed by atoms with Crippen LogP contribution in [-0.2, 0) is 0 Å². The van der Waals surface area contributed by atoms with E-state index in [0.29, 0.717) is 11.0 Å². The SMILES string of the molecule is O=[N+]([O-])C1=CC=CCC1CBr. The maximum Gasteiger partial charge on any atom is 0.250 e. The summed E-state index contributed by atoms with van der Waals surface area (Å²) in [6.07, 6.45) is 6.00. The van der Waals surface area contributed by atoms with Crippen molar-refractivity contribution in [3.05, 3.63) is 34.0 Å². The van der Waals surface area contributed by atoms with Gasteiger partial charge in [0.1, 0.15) is 0 Å². The molecular weight excluding hydrogens is 210 g/mol. The molecule has 0 aliphatic heterocycles. The van der Waals surface area contributed by atoms with Crippen LogP contribution in [0.2, 0.25) is 0 Å². The molecule has 0 N–H and O–H groups in total. The molecule has 0 heterocycles. The molecule has 4 heteroatoms. The minimum absolute atomic E-state index is 0.0370. The van der Waals surface area contributed by atoms with Crippen LogP contribution in [0.25, 0.3) is 0 Å². The maximum atomic E-state index is 10.4. The first-order valence-electron chi connectivity index (χ1n) is 3.32. The van der Waals surface area contributed by atoms with Crippen LogP contribution in [0.15, 0.2) is 23.9 Å². The van der Waals surface area contributed by atoms with Crippen LogP contribution >= 0.6 is 15.9 Å². The van der Waals surface area contributed by atoms with E-state index in [2.05, 4.69) is 15.9 Å². The van der Waals surface area contributed by atoms with Crippen LogP contribution in [0.3, 0.4) is 0 Å². The van der Waals surface area contributed by atoms with E-state index < -0.39 is 0 Å². The summed E-state index contributed by atoms with van der Waals surface area (Å²) >= 11 is 3.24. The van der Waals surface area contributed by atoms with Gasteiger partial charge < -0.3 is 0 Å². The summed E-state index contributed by atoms with van der Waals surface area (Å²) in [5.41, 5.74) is 0.310. The zero-order chi connectivity index (χ0) is 8.27. The fraction of sp³-hybridized carbons (Fsp3) is 0.429. The van der Waals surface area contributed by atoms with Gasteiger partial charge in [-0.3, -0.25) is 10.1 Å². The number of nitro groups is 1. The van der Waals surface area contributed by atoms with Gasteiger partial charge in [-0.15, -0.1) is 0 Å². The molecule has 60 valence electrons. The molecule has 1 atom stereocenters. The van der Waals surface area contributed by atoms with E-state index in [4.69, 9.17) is 0 Å². The Morgan fingerprint density at radius 2 is 2.55 bits per heavy atom. The molecule has 1 unspecified atom stereocenters. The van der Waals surface area contributed by atoms with Crippen molar-refractivity contribution in [3.63, 3.8) is 0 Å². The fourth-order valence-corrected chi connectivity index (χ4v) is 1.61. The normalized spacial score (nSPS) is 23.0. The Morgan fingerprint density at radius 1 is 1.82 bits per heavy atom. The zero-order valence-corrected chi connectivity index (χ0v) is 7.45. The lowest BCUT2D eigenvalue weighted by molar-refractivity contribution is -0.433. The smallest absolute Gasteiger partial charge is 0.250 e. The summed E-state index contributed by atoms with van der Waals surface area (Å²) < 4.78 is 0. The number of hydrogen-bond acceptors (Lipinski definition) is 2. The number of hydrogen-bond donors (Lipinski definition) is 0. The highest BCUT2D eigenvalue weighted by molar-refractivity contribution is 9.09. The van der Waals surface area contributed by atoms with Crippen LogP contribution < -0.4 is 0 Å². The predicted octanol–water partition coefficient (Wildman–Crippen LogP) is 2.12. The molecule has 1 aliphatic carbocycles. The molecule has 0 radical (unpaired) electrons. The summed E-state index contributed by atoms with van der Waals surface area (Å²) in [5.74, 6) is 0.0370. The molecule has 0 spiro atoms. The minimum atomic E-state index is -0.310. The molecule has 0 amide bonds. The van der Waals surface area contributed by atoms with Gasteiger partial charge in [0.2, 0.25) is 5.70 Å². The number of halogens is 1. The average molecular weight is 218 g/mol. The van der Waals surface area contributed by atoms with E-state index in [9.17, 15) is 10.1 Å². The molecule has 3 nitrogen and oxygen atoms in total. The molecule has 0 fully saturated rings. The number of allylic oxidation sites excluding steroid dienone is 4. The molecule has 0 aromatic carbocycles. The van der Waals surface area contributed by atoms with Crippen LogP contribution in [0.1, 0.15) is 6.42 Å². The first-order chi connectivity index (χ1) is 5.25. The Bertz CT molecular complexity index is 222. The van der Waals surface area contributed by atoms with E-state index >= 15 is 0 Å².